The highest BCUT2D eigenvalue weighted by Crippen LogP contribution is 2.39. The maximum Gasteiger partial charge on any atom is 0.341 e. The summed E-state index contributed by atoms with van der Waals surface area (Å²) in [6.07, 6.45) is 0.0693. The minimum atomic E-state index is -0.615. The lowest BCUT2D eigenvalue weighted by Gasteiger charge is -2.19. The second-order valence-corrected chi connectivity index (χ2v) is 10.4. The molecule has 0 unspecified atom stereocenters. The molecular formula is C35H42N2O6. The number of carbonyl (C=O) groups is 2. The summed E-state index contributed by atoms with van der Waals surface area (Å²) in [6, 6.07) is 18.2. The number of nitrogens with zero attached hydrogens (tertiary/aromatic N) is 2. The van der Waals surface area contributed by atoms with Crippen molar-refractivity contribution in [2.75, 3.05) is 52.5 Å². The van der Waals surface area contributed by atoms with E-state index in [0.29, 0.717) is 24.2 Å². The molecule has 0 aliphatic carbocycles. The van der Waals surface area contributed by atoms with Gasteiger partial charge in [-0.3, -0.25) is 0 Å². The monoisotopic (exact) mass is 586 g/mol. The van der Waals surface area contributed by atoms with Gasteiger partial charge in [-0.15, -0.1) is 0 Å². The molecule has 43 heavy (non-hydrogen) atoms. The number of carbonyl (C=O) groups excluding carboxylic acids is 2. The molecule has 0 atom stereocenters. The SMILES string of the molecule is CCN(CC)CCOC(=O)c1cc2ccccc2c(Cc2c(O)c(C(=O)OCCN(CC)CC)cc3ccccc23)c1O. The lowest BCUT2D eigenvalue weighted by atomic mass is 9.90. The molecule has 4 aromatic carbocycles. The normalized spacial score (nSPS) is 11.5. The Bertz CT molecular complexity index is 1460. The third-order valence-corrected chi connectivity index (χ3v) is 8.12. The Kier molecular flexibility index (Phi) is 11.0. The quantitative estimate of drug-likeness (QED) is 0.174. The summed E-state index contributed by atoms with van der Waals surface area (Å²) >= 11 is 0. The van der Waals surface area contributed by atoms with Crippen molar-refractivity contribution < 1.29 is 29.3 Å². The van der Waals surface area contributed by atoms with E-state index in [1.54, 1.807) is 12.1 Å². The zero-order valence-corrected chi connectivity index (χ0v) is 25.6. The summed E-state index contributed by atoms with van der Waals surface area (Å²) in [4.78, 5) is 30.6. The van der Waals surface area contributed by atoms with Gasteiger partial charge < -0.3 is 29.5 Å². The van der Waals surface area contributed by atoms with Crippen LogP contribution in [0, 0.1) is 0 Å². The third kappa shape index (κ3) is 7.27. The second kappa shape index (κ2) is 14.8. The van der Waals surface area contributed by atoms with Crippen LogP contribution in [0.15, 0.2) is 60.7 Å². The van der Waals surface area contributed by atoms with Crippen LogP contribution in [-0.4, -0.2) is 84.4 Å². The van der Waals surface area contributed by atoms with Crippen molar-refractivity contribution in [3.05, 3.63) is 82.9 Å². The minimum Gasteiger partial charge on any atom is -0.507 e. The first-order valence-corrected chi connectivity index (χ1v) is 15.1. The average molecular weight is 587 g/mol. The number of benzene rings is 4. The summed E-state index contributed by atoms with van der Waals surface area (Å²) in [7, 11) is 0. The highest BCUT2D eigenvalue weighted by atomic mass is 16.5. The van der Waals surface area contributed by atoms with Crippen molar-refractivity contribution in [2.45, 2.75) is 34.1 Å². The first kappa shape index (κ1) is 31.8. The van der Waals surface area contributed by atoms with Crippen LogP contribution >= 0.6 is 0 Å². The van der Waals surface area contributed by atoms with Crippen LogP contribution in [0.1, 0.15) is 59.5 Å². The van der Waals surface area contributed by atoms with E-state index in [1.807, 2.05) is 76.2 Å². The van der Waals surface area contributed by atoms with E-state index in [9.17, 15) is 19.8 Å². The smallest absolute Gasteiger partial charge is 0.341 e. The lowest BCUT2D eigenvalue weighted by molar-refractivity contribution is 0.0454. The van der Waals surface area contributed by atoms with E-state index in [1.165, 1.54) is 0 Å². The standard InChI is InChI=1S/C35H42N2O6/c1-5-36(6-2)17-19-42-34(40)30-21-24-13-9-11-15-26(24)28(32(30)38)23-29-27-16-12-10-14-25(27)22-31(33(29)39)35(41)43-20-18-37(7-3)8-4/h9-16,21-22,38-39H,5-8,17-20,23H2,1-4H3. The molecule has 2 N–H and O–H groups in total. The van der Waals surface area contributed by atoms with E-state index < -0.39 is 11.9 Å². The van der Waals surface area contributed by atoms with Gasteiger partial charge in [0.1, 0.15) is 35.8 Å². The van der Waals surface area contributed by atoms with Crippen LogP contribution < -0.4 is 0 Å². The molecule has 0 fully saturated rings. The third-order valence-electron chi connectivity index (χ3n) is 8.12. The number of likely N-dealkylation sites (N-methyl/N-ethyl adjacent to an activating group) is 2. The fourth-order valence-corrected chi connectivity index (χ4v) is 5.44. The van der Waals surface area contributed by atoms with Crippen molar-refractivity contribution in [1.29, 1.82) is 0 Å². The molecule has 0 radical (unpaired) electrons. The fraction of sp³-hybridized carbons (Fsp3) is 0.371. The van der Waals surface area contributed by atoms with Gasteiger partial charge >= 0.3 is 11.9 Å². The highest BCUT2D eigenvalue weighted by Gasteiger charge is 2.24. The summed E-state index contributed by atoms with van der Waals surface area (Å²) in [5.74, 6) is -1.64. The van der Waals surface area contributed by atoms with Crippen molar-refractivity contribution in [2.24, 2.45) is 0 Å². The molecule has 0 saturated carbocycles. The predicted molar refractivity (Wildman–Crippen MR) is 170 cm³/mol. The Morgan fingerprint density at radius 1 is 0.628 bits per heavy atom. The number of phenols is 2. The van der Waals surface area contributed by atoms with Gasteiger partial charge in [-0.1, -0.05) is 76.2 Å². The first-order valence-electron chi connectivity index (χ1n) is 15.1. The summed E-state index contributed by atoms with van der Waals surface area (Å²) < 4.78 is 11.1. The number of fused-ring (bicyclic) bond motifs is 2. The van der Waals surface area contributed by atoms with Gasteiger partial charge in [0.25, 0.3) is 0 Å². The molecule has 4 rings (SSSR count). The number of ether oxygens (including phenoxy) is 2. The van der Waals surface area contributed by atoms with E-state index in [0.717, 1.165) is 47.7 Å². The fourth-order valence-electron chi connectivity index (χ4n) is 5.44. The molecule has 0 aliphatic rings. The molecule has 0 aromatic heterocycles. The average Bonchev–Trinajstić information content (AvgIpc) is 3.03. The summed E-state index contributed by atoms with van der Waals surface area (Å²) in [5.41, 5.74) is 1.04. The maximum atomic E-state index is 13.2. The van der Waals surface area contributed by atoms with Gasteiger partial charge in [-0.05, 0) is 59.9 Å². The molecule has 8 nitrogen and oxygen atoms in total. The van der Waals surface area contributed by atoms with E-state index >= 15 is 0 Å². The van der Waals surface area contributed by atoms with Gasteiger partial charge in [0.05, 0.1) is 0 Å². The Morgan fingerprint density at radius 3 is 1.37 bits per heavy atom. The van der Waals surface area contributed by atoms with Crippen LogP contribution in [-0.2, 0) is 15.9 Å². The molecule has 8 heteroatoms. The van der Waals surface area contributed by atoms with E-state index in [4.69, 9.17) is 9.47 Å². The molecule has 0 bridgehead atoms. The number of hydrogen-bond donors (Lipinski definition) is 2. The molecule has 0 amide bonds. The van der Waals surface area contributed by atoms with Crippen molar-refractivity contribution in [1.82, 2.24) is 9.80 Å². The lowest BCUT2D eigenvalue weighted by Crippen LogP contribution is -2.28. The van der Waals surface area contributed by atoms with E-state index in [-0.39, 0.29) is 42.3 Å². The van der Waals surface area contributed by atoms with Crippen LogP contribution in [0.5, 0.6) is 11.5 Å². The predicted octanol–water partition coefficient (Wildman–Crippen LogP) is 5.99. The molecule has 228 valence electrons. The Balaban J connectivity index is 1.73. The second-order valence-electron chi connectivity index (χ2n) is 10.4. The highest BCUT2D eigenvalue weighted by molar-refractivity contribution is 6.03. The Morgan fingerprint density at radius 2 is 1.00 bits per heavy atom. The van der Waals surface area contributed by atoms with Crippen LogP contribution in [0.2, 0.25) is 0 Å². The summed E-state index contributed by atoms with van der Waals surface area (Å²) in [6.45, 7) is 13.2. The van der Waals surface area contributed by atoms with Gasteiger partial charge in [0, 0.05) is 30.6 Å². The largest absolute Gasteiger partial charge is 0.507 e. The number of phenolic OH excluding ortho intramolecular Hbond substituents is 2. The van der Waals surface area contributed by atoms with Crippen molar-refractivity contribution in [3.63, 3.8) is 0 Å². The molecule has 0 spiro atoms. The van der Waals surface area contributed by atoms with Crippen LogP contribution in [0.25, 0.3) is 21.5 Å². The number of aromatic hydroxyl groups is 2. The topological polar surface area (TPSA) is 99.5 Å². The molecule has 0 saturated heterocycles. The van der Waals surface area contributed by atoms with Crippen molar-refractivity contribution >= 4 is 33.5 Å². The summed E-state index contributed by atoms with van der Waals surface area (Å²) in [5, 5.41) is 25.9. The van der Waals surface area contributed by atoms with E-state index in [2.05, 4.69) is 9.80 Å². The zero-order chi connectivity index (χ0) is 30.9. The van der Waals surface area contributed by atoms with Gasteiger partial charge in [0.15, 0.2) is 0 Å². The number of esters is 2. The van der Waals surface area contributed by atoms with Gasteiger partial charge in [-0.2, -0.15) is 0 Å². The van der Waals surface area contributed by atoms with Gasteiger partial charge in [-0.25, -0.2) is 9.59 Å². The maximum absolute atomic E-state index is 13.2. The number of hydrogen-bond acceptors (Lipinski definition) is 8. The number of rotatable bonds is 14. The molecule has 0 heterocycles. The Labute approximate surface area is 253 Å². The van der Waals surface area contributed by atoms with Crippen LogP contribution in [0.3, 0.4) is 0 Å². The molecule has 0 aliphatic heterocycles. The zero-order valence-electron chi connectivity index (χ0n) is 25.6. The molecular weight excluding hydrogens is 544 g/mol. The first-order chi connectivity index (χ1) is 20.8. The minimum absolute atomic E-state index is 0.0593. The van der Waals surface area contributed by atoms with Crippen LogP contribution in [0.4, 0.5) is 0 Å². The Hall–Kier alpha value is -4.14. The molecule has 4 aromatic rings. The van der Waals surface area contributed by atoms with Gasteiger partial charge in [0.2, 0.25) is 0 Å². The van der Waals surface area contributed by atoms with Crippen molar-refractivity contribution in [3.8, 4) is 11.5 Å².